The third kappa shape index (κ3) is 4.47. The summed E-state index contributed by atoms with van der Waals surface area (Å²) in [7, 11) is 0. The smallest absolute Gasteiger partial charge is 0.264 e. The summed E-state index contributed by atoms with van der Waals surface area (Å²) in [4.78, 5) is 30.4. The number of thiophene rings is 1. The van der Waals surface area contributed by atoms with Gasteiger partial charge in [0.1, 0.15) is 0 Å². The van der Waals surface area contributed by atoms with E-state index in [2.05, 4.69) is 35.6 Å². The molecule has 6 rings (SSSR count). The molecule has 176 valence electrons. The number of nitrogens with one attached hydrogen (secondary N) is 1. The predicted molar refractivity (Wildman–Crippen MR) is 141 cm³/mol. The van der Waals surface area contributed by atoms with Crippen molar-refractivity contribution in [3.05, 3.63) is 95.4 Å². The maximum Gasteiger partial charge on any atom is 0.264 e. The van der Waals surface area contributed by atoms with E-state index in [0.717, 1.165) is 40.0 Å². The Morgan fingerprint density at radius 2 is 1.46 bits per heavy atom. The lowest BCUT2D eigenvalue weighted by Gasteiger charge is -2.40. The number of nitrogens with zero attached hydrogens (tertiary/aromatic N) is 2. The van der Waals surface area contributed by atoms with Gasteiger partial charge in [-0.3, -0.25) is 9.59 Å². The first-order valence-electron chi connectivity index (χ1n) is 12.1. The van der Waals surface area contributed by atoms with E-state index in [-0.39, 0.29) is 23.9 Å². The average Bonchev–Trinajstić information content (AvgIpc) is 3.53. The van der Waals surface area contributed by atoms with Crippen LogP contribution in [0.2, 0.25) is 0 Å². The zero-order valence-electron chi connectivity index (χ0n) is 19.4. The summed E-state index contributed by atoms with van der Waals surface area (Å²) in [5, 5.41) is 4.77. The number of fused-ring (bicyclic) bond motifs is 1. The Balaban J connectivity index is 1.04. The van der Waals surface area contributed by atoms with Gasteiger partial charge in [0.15, 0.2) is 0 Å². The number of carbonyl (C=O) groups is 2. The van der Waals surface area contributed by atoms with E-state index in [1.54, 1.807) is 11.3 Å². The summed E-state index contributed by atoms with van der Waals surface area (Å²) in [6.45, 7) is 2.92. The standard InChI is InChI=1S/C29H27N3O2S/c33-28(21-9-5-2-6-10-21)31-14-13-24(17-31)30-25-18-32(19-25)29(34)27-16-23-15-22(11-12-26(23)35-27)20-7-3-1-4-8-20/h1-12,15-16,24-25,30H,13-14,17-19H2/t24-/m0/s1. The number of amides is 2. The van der Waals surface area contributed by atoms with Gasteiger partial charge in [0, 0.05) is 48.5 Å². The van der Waals surface area contributed by atoms with Gasteiger partial charge in [-0.05, 0) is 53.3 Å². The first-order valence-corrected chi connectivity index (χ1v) is 12.9. The Morgan fingerprint density at radius 3 is 2.23 bits per heavy atom. The van der Waals surface area contributed by atoms with E-state index < -0.39 is 0 Å². The van der Waals surface area contributed by atoms with Crippen LogP contribution in [-0.2, 0) is 0 Å². The molecule has 2 fully saturated rings. The lowest BCUT2D eigenvalue weighted by atomic mass is 10.0. The van der Waals surface area contributed by atoms with Gasteiger partial charge in [-0.2, -0.15) is 0 Å². The Labute approximate surface area is 209 Å². The fraction of sp³-hybridized carbons (Fsp3) is 0.241. The van der Waals surface area contributed by atoms with Crippen LogP contribution in [0.4, 0.5) is 0 Å². The van der Waals surface area contributed by atoms with Crippen LogP contribution in [0, 0.1) is 0 Å². The van der Waals surface area contributed by atoms with Gasteiger partial charge in [-0.25, -0.2) is 0 Å². The molecule has 1 aromatic heterocycles. The van der Waals surface area contributed by atoms with Crippen molar-refractivity contribution in [3.8, 4) is 11.1 Å². The first-order chi connectivity index (χ1) is 17.1. The molecule has 3 heterocycles. The molecule has 3 aromatic carbocycles. The van der Waals surface area contributed by atoms with E-state index in [1.165, 1.54) is 11.1 Å². The van der Waals surface area contributed by atoms with Crippen LogP contribution in [0.3, 0.4) is 0 Å². The van der Waals surface area contributed by atoms with Crippen molar-refractivity contribution in [2.24, 2.45) is 0 Å². The molecular weight excluding hydrogens is 454 g/mol. The molecular formula is C29H27N3O2S. The van der Waals surface area contributed by atoms with Crippen molar-refractivity contribution in [2.45, 2.75) is 18.5 Å². The lowest BCUT2D eigenvalue weighted by molar-refractivity contribution is 0.0558. The zero-order chi connectivity index (χ0) is 23.8. The number of hydrogen-bond donors (Lipinski definition) is 1. The molecule has 2 aliphatic heterocycles. The summed E-state index contributed by atoms with van der Waals surface area (Å²) in [6, 6.07) is 28.8. The van der Waals surface area contributed by atoms with Crippen LogP contribution in [0.25, 0.3) is 21.2 Å². The minimum Gasteiger partial charge on any atom is -0.337 e. The molecule has 4 aromatic rings. The highest BCUT2D eigenvalue weighted by atomic mass is 32.1. The van der Waals surface area contributed by atoms with E-state index in [1.807, 2.05) is 64.4 Å². The number of carbonyl (C=O) groups excluding carboxylic acids is 2. The van der Waals surface area contributed by atoms with Gasteiger partial charge in [-0.15, -0.1) is 11.3 Å². The van der Waals surface area contributed by atoms with Crippen molar-refractivity contribution in [1.29, 1.82) is 0 Å². The minimum atomic E-state index is 0.0977. The molecule has 2 aliphatic rings. The fourth-order valence-electron chi connectivity index (χ4n) is 5.04. The van der Waals surface area contributed by atoms with Crippen LogP contribution in [0.5, 0.6) is 0 Å². The molecule has 1 atom stereocenters. The molecule has 35 heavy (non-hydrogen) atoms. The zero-order valence-corrected chi connectivity index (χ0v) is 20.2. The highest BCUT2D eigenvalue weighted by Crippen LogP contribution is 2.31. The van der Waals surface area contributed by atoms with Crippen LogP contribution in [-0.4, -0.2) is 59.9 Å². The lowest BCUT2D eigenvalue weighted by Crippen LogP contribution is -2.61. The molecule has 0 saturated carbocycles. The molecule has 0 unspecified atom stereocenters. The Hall–Kier alpha value is -3.48. The quantitative estimate of drug-likeness (QED) is 0.441. The Morgan fingerprint density at radius 1 is 0.743 bits per heavy atom. The van der Waals surface area contributed by atoms with Crippen molar-refractivity contribution >= 4 is 33.2 Å². The third-order valence-corrected chi connectivity index (χ3v) is 8.07. The molecule has 5 nitrogen and oxygen atoms in total. The van der Waals surface area contributed by atoms with Crippen molar-refractivity contribution in [2.75, 3.05) is 26.2 Å². The van der Waals surface area contributed by atoms with Crippen molar-refractivity contribution in [3.63, 3.8) is 0 Å². The molecule has 0 bridgehead atoms. The van der Waals surface area contributed by atoms with Crippen LogP contribution >= 0.6 is 11.3 Å². The van der Waals surface area contributed by atoms with Crippen molar-refractivity contribution < 1.29 is 9.59 Å². The summed E-state index contributed by atoms with van der Waals surface area (Å²) in [5.41, 5.74) is 3.09. The maximum absolute atomic E-state index is 13.1. The molecule has 0 aliphatic carbocycles. The second-order valence-electron chi connectivity index (χ2n) is 9.41. The summed E-state index contributed by atoms with van der Waals surface area (Å²) < 4.78 is 1.14. The Kier molecular flexibility index (Phi) is 5.84. The van der Waals surface area contributed by atoms with Gasteiger partial charge < -0.3 is 15.1 Å². The predicted octanol–water partition coefficient (Wildman–Crippen LogP) is 4.90. The van der Waals surface area contributed by atoms with E-state index in [4.69, 9.17) is 0 Å². The van der Waals surface area contributed by atoms with Crippen LogP contribution in [0.1, 0.15) is 26.5 Å². The maximum atomic E-state index is 13.1. The van der Waals surface area contributed by atoms with Gasteiger partial charge in [0.2, 0.25) is 0 Å². The van der Waals surface area contributed by atoms with Crippen molar-refractivity contribution in [1.82, 2.24) is 15.1 Å². The molecule has 6 heteroatoms. The molecule has 2 amide bonds. The number of rotatable bonds is 5. The second-order valence-corrected chi connectivity index (χ2v) is 10.5. The highest BCUT2D eigenvalue weighted by molar-refractivity contribution is 7.20. The number of benzene rings is 3. The highest BCUT2D eigenvalue weighted by Gasteiger charge is 2.35. The number of hydrogen-bond acceptors (Lipinski definition) is 4. The summed E-state index contributed by atoms with van der Waals surface area (Å²) in [5.74, 6) is 0.207. The topological polar surface area (TPSA) is 52.7 Å². The normalized spacial score (nSPS) is 18.1. The van der Waals surface area contributed by atoms with E-state index >= 15 is 0 Å². The average molecular weight is 482 g/mol. The minimum absolute atomic E-state index is 0.0977. The van der Waals surface area contributed by atoms with Gasteiger partial charge in [-0.1, -0.05) is 54.6 Å². The Bertz CT molecular complexity index is 1360. The first kappa shape index (κ1) is 22.0. The van der Waals surface area contributed by atoms with Gasteiger partial charge >= 0.3 is 0 Å². The van der Waals surface area contributed by atoms with Gasteiger partial charge in [0.05, 0.1) is 4.88 Å². The largest absolute Gasteiger partial charge is 0.337 e. The second kappa shape index (κ2) is 9.29. The molecule has 0 spiro atoms. The number of likely N-dealkylation sites (tertiary alicyclic amines) is 2. The van der Waals surface area contributed by atoms with Crippen LogP contribution in [0.15, 0.2) is 84.9 Å². The summed E-state index contributed by atoms with van der Waals surface area (Å²) in [6.07, 6.45) is 0.948. The fourth-order valence-corrected chi connectivity index (χ4v) is 6.05. The van der Waals surface area contributed by atoms with Crippen LogP contribution < -0.4 is 5.32 Å². The SMILES string of the molecule is O=C(c1ccccc1)N1CC[C@H](NC2CN(C(=O)c3cc4cc(-c5ccccc5)ccc4s3)C2)C1. The van der Waals surface area contributed by atoms with E-state index in [0.29, 0.717) is 13.1 Å². The molecule has 2 saturated heterocycles. The molecule has 0 radical (unpaired) electrons. The molecule has 1 N–H and O–H groups in total. The monoisotopic (exact) mass is 481 g/mol. The van der Waals surface area contributed by atoms with Gasteiger partial charge in [0.25, 0.3) is 11.8 Å². The summed E-state index contributed by atoms with van der Waals surface area (Å²) >= 11 is 1.57. The van der Waals surface area contributed by atoms with E-state index in [9.17, 15) is 9.59 Å². The third-order valence-electron chi connectivity index (χ3n) is 6.97.